The first-order chi connectivity index (χ1) is 27.3. The average Bonchev–Trinajstić information content (AvgIpc) is 3.76. The Labute approximate surface area is 319 Å². The molecule has 2 heteroatoms. The minimum Gasteiger partial charge on any atom is -0.249 e. The molecule has 0 N–H and O–H groups in total. The van der Waals surface area contributed by atoms with Gasteiger partial charge in [0.25, 0.3) is 0 Å². The fourth-order valence-electron chi connectivity index (χ4n) is 9.92. The van der Waals surface area contributed by atoms with Gasteiger partial charge >= 0.3 is 0 Å². The van der Waals surface area contributed by atoms with Gasteiger partial charge in [-0.3, -0.25) is 0 Å². The van der Waals surface area contributed by atoms with Crippen LogP contribution in [0, 0.1) is 0 Å². The zero-order valence-electron chi connectivity index (χ0n) is 30.0. The summed E-state index contributed by atoms with van der Waals surface area (Å²) in [4.78, 5) is 0. The van der Waals surface area contributed by atoms with Crippen molar-refractivity contribution in [3.8, 4) is 33.4 Å². The number of hydrogen-bond donors (Lipinski definition) is 0. The number of anilines is 2. The fourth-order valence-corrected chi connectivity index (χ4v) is 9.92. The van der Waals surface area contributed by atoms with E-state index in [0.29, 0.717) is 0 Å². The van der Waals surface area contributed by atoms with Crippen LogP contribution in [0.15, 0.2) is 206 Å². The smallest absolute Gasteiger partial charge is 0.0726 e. The zero-order valence-corrected chi connectivity index (χ0v) is 30.0. The largest absolute Gasteiger partial charge is 0.249 e. The van der Waals surface area contributed by atoms with E-state index in [-0.39, 0.29) is 0 Å². The third kappa shape index (κ3) is 4.08. The van der Waals surface area contributed by atoms with Crippen molar-refractivity contribution >= 4 is 44.0 Å². The quantitative estimate of drug-likeness (QED) is 0.168. The van der Waals surface area contributed by atoms with Gasteiger partial charge in [0.1, 0.15) is 0 Å². The second-order valence-electron chi connectivity index (χ2n) is 14.9. The van der Waals surface area contributed by atoms with Gasteiger partial charge in [-0.2, -0.15) is 0 Å². The molecule has 256 valence electrons. The summed E-state index contributed by atoms with van der Waals surface area (Å²) in [7, 11) is 0. The SMILES string of the molecule is c1ccc(-c2ccc(N(c3ccc(-c4ccccc4)cc3)n3c4ccc5c6c4c4c7c(cccc7ccc43)C6(c3ccccc3)c3ccccc3-5)cc2)cc1. The average molecular weight is 699 g/mol. The lowest BCUT2D eigenvalue weighted by Crippen LogP contribution is -2.30. The van der Waals surface area contributed by atoms with Crippen LogP contribution in [-0.2, 0) is 5.41 Å². The number of aromatic nitrogens is 1. The summed E-state index contributed by atoms with van der Waals surface area (Å²) in [6, 6.07) is 76.1. The van der Waals surface area contributed by atoms with Crippen LogP contribution in [0.25, 0.3) is 66.0 Å². The summed E-state index contributed by atoms with van der Waals surface area (Å²) in [5, 5.41) is 7.69. The third-order valence-corrected chi connectivity index (χ3v) is 12.2. The van der Waals surface area contributed by atoms with Crippen LogP contribution in [0.4, 0.5) is 11.4 Å². The van der Waals surface area contributed by atoms with E-state index in [1.165, 1.54) is 88.2 Å². The Morgan fingerprint density at radius 1 is 0.345 bits per heavy atom. The Morgan fingerprint density at radius 2 is 0.873 bits per heavy atom. The highest BCUT2D eigenvalue weighted by Gasteiger charge is 2.50. The summed E-state index contributed by atoms with van der Waals surface area (Å²) >= 11 is 0. The fraction of sp³-hybridized carbons (Fsp3) is 0.0189. The van der Waals surface area contributed by atoms with E-state index in [1.54, 1.807) is 0 Å². The molecule has 1 atom stereocenters. The third-order valence-electron chi connectivity index (χ3n) is 12.2. The van der Waals surface area contributed by atoms with Crippen LogP contribution in [-0.4, -0.2) is 4.68 Å². The van der Waals surface area contributed by atoms with Gasteiger partial charge in [-0.05, 0) is 103 Å². The Bertz CT molecular complexity index is 3020. The molecule has 0 amide bonds. The van der Waals surface area contributed by atoms with Gasteiger partial charge in [0, 0.05) is 10.8 Å². The van der Waals surface area contributed by atoms with Crippen LogP contribution in [0.5, 0.6) is 0 Å². The van der Waals surface area contributed by atoms with Crippen molar-refractivity contribution < 1.29 is 0 Å². The van der Waals surface area contributed by atoms with Gasteiger partial charge in [-0.25, -0.2) is 9.69 Å². The van der Waals surface area contributed by atoms with Crippen molar-refractivity contribution in [1.82, 2.24) is 4.68 Å². The minimum atomic E-state index is -0.445. The minimum absolute atomic E-state index is 0.445. The van der Waals surface area contributed by atoms with E-state index in [4.69, 9.17) is 0 Å². The monoisotopic (exact) mass is 698 g/mol. The molecule has 1 heterocycles. The van der Waals surface area contributed by atoms with Gasteiger partial charge in [0.05, 0.1) is 27.8 Å². The van der Waals surface area contributed by atoms with E-state index in [9.17, 15) is 0 Å². The number of benzene rings is 9. The molecule has 0 spiro atoms. The zero-order chi connectivity index (χ0) is 36.1. The predicted molar refractivity (Wildman–Crippen MR) is 229 cm³/mol. The van der Waals surface area contributed by atoms with E-state index in [1.807, 2.05) is 0 Å². The molecule has 2 nitrogen and oxygen atoms in total. The molecule has 10 aromatic rings. The van der Waals surface area contributed by atoms with Crippen LogP contribution < -0.4 is 5.01 Å². The van der Waals surface area contributed by atoms with Gasteiger partial charge < -0.3 is 0 Å². The topological polar surface area (TPSA) is 8.17 Å². The van der Waals surface area contributed by atoms with E-state index in [2.05, 4.69) is 216 Å². The Hall–Kier alpha value is -7.16. The van der Waals surface area contributed by atoms with Crippen molar-refractivity contribution in [1.29, 1.82) is 0 Å². The summed E-state index contributed by atoms with van der Waals surface area (Å²) < 4.78 is 2.49. The summed E-state index contributed by atoms with van der Waals surface area (Å²) in [5.41, 5.74) is 17.0. The Balaban J connectivity index is 1.19. The van der Waals surface area contributed by atoms with E-state index < -0.39 is 5.41 Å². The lowest BCUT2D eigenvalue weighted by atomic mass is 9.63. The van der Waals surface area contributed by atoms with E-state index in [0.717, 1.165) is 11.4 Å². The predicted octanol–water partition coefficient (Wildman–Crippen LogP) is 13.6. The summed E-state index contributed by atoms with van der Waals surface area (Å²) in [5.74, 6) is 0. The van der Waals surface area contributed by atoms with Crippen molar-refractivity contribution in [2.75, 3.05) is 5.01 Å². The molecule has 2 aliphatic carbocycles. The molecular formula is C53H34N2. The molecule has 9 aromatic carbocycles. The normalized spacial score (nSPS) is 15.0. The van der Waals surface area contributed by atoms with Gasteiger partial charge in [-0.1, -0.05) is 170 Å². The van der Waals surface area contributed by atoms with Gasteiger partial charge in [-0.15, -0.1) is 0 Å². The first kappa shape index (κ1) is 30.3. The molecule has 0 saturated heterocycles. The van der Waals surface area contributed by atoms with Crippen molar-refractivity contribution in [2.45, 2.75) is 5.41 Å². The van der Waals surface area contributed by atoms with Crippen LogP contribution in [0.3, 0.4) is 0 Å². The molecule has 0 fully saturated rings. The highest BCUT2D eigenvalue weighted by Crippen LogP contribution is 2.63. The summed E-state index contributed by atoms with van der Waals surface area (Å²) in [6.07, 6.45) is 0. The summed E-state index contributed by atoms with van der Waals surface area (Å²) in [6.45, 7) is 0. The highest BCUT2D eigenvalue weighted by atomic mass is 15.6. The molecule has 0 saturated carbocycles. The van der Waals surface area contributed by atoms with Crippen LogP contribution >= 0.6 is 0 Å². The number of nitrogens with zero attached hydrogens (tertiary/aromatic N) is 2. The molecule has 1 aromatic heterocycles. The second kappa shape index (κ2) is 11.4. The second-order valence-corrected chi connectivity index (χ2v) is 14.9. The van der Waals surface area contributed by atoms with Crippen molar-refractivity contribution in [3.63, 3.8) is 0 Å². The van der Waals surface area contributed by atoms with Gasteiger partial charge in [0.2, 0.25) is 0 Å². The van der Waals surface area contributed by atoms with Crippen molar-refractivity contribution in [3.05, 3.63) is 229 Å². The molecule has 0 radical (unpaired) electrons. The number of fused-ring (bicyclic) bond motifs is 4. The Kier molecular flexibility index (Phi) is 6.29. The molecule has 55 heavy (non-hydrogen) atoms. The Morgan fingerprint density at radius 3 is 1.53 bits per heavy atom. The maximum absolute atomic E-state index is 2.49. The first-order valence-corrected chi connectivity index (χ1v) is 19.1. The van der Waals surface area contributed by atoms with Crippen molar-refractivity contribution in [2.24, 2.45) is 0 Å². The molecular weight excluding hydrogens is 665 g/mol. The molecule has 0 aliphatic heterocycles. The lowest BCUT2D eigenvalue weighted by molar-refractivity contribution is 0.782. The first-order valence-electron chi connectivity index (χ1n) is 19.1. The maximum Gasteiger partial charge on any atom is 0.0726 e. The maximum atomic E-state index is 2.49. The molecule has 2 aliphatic rings. The van der Waals surface area contributed by atoms with Gasteiger partial charge in [0.15, 0.2) is 0 Å². The number of rotatable bonds is 6. The lowest BCUT2D eigenvalue weighted by Gasteiger charge is -2.37. The molecule has 12 rings (SSSR count). The highest BCUT2D eigenvalue weighted by molar-refractivity contribution is 6.27. The molecule has 1 unspecified atom stereocenters. The van der Waals surface area contributed by atoms with Crippen LogP contribution in [0.2, 0.25) is 0 Å². The van der Waals surface area contributed by atoms with Crippen LogP contribution in [0.1, 0.15) is 22.3 Å². The number of hydrogen-bond acceptors (Lipinski definition) is 1. The van der Waals surface area contributed by atoms with E-state index >= 15 is 0 Å². The standard InChI is InChI=1S/C53H34N2/c1-4-13-35(14-5-1)37-23-28-41(29-24-37)54(42-30-25-38(26-31-42)36-15-6-2-7-16-36)55-47-33-27-39-17-12-22-46-49(39)50(47)51-48(55)34-32-44-43-20-10-11-21-45(43)53(46,52(44)51)40-18-8-3-9-19-40/h1-34H. The molecule has 0 bridgehead atoms.